The van der Waals surface area contributed by atoms with E-state index in [1.165, 1.54) is 4.90 Å². The minimum Gasteiger partial charge on any atom is -0.343 e. The number of aryl methyl sites for hydroxylation is 1. The number of nitrogens with one attached hydrogen (secondary N) is 1. The van der Waals surface area contributed by atoms with E-state index in [9.17, 15) is 9.59 Å². The molecule has 1 saturated heterocycles. The van der Waals surface area contributed by atoms with E-state index in [-0.39, 0.29) is 18.2 Å². The Labute approximate surface area is 167 Å². The number of nitrogens with zero attached hydrogens (tertiary/aromatic N) is 3. The highest BCUT2D eigenvalue weighted by atomic mass is 16.2. The molecule has 0 spiro atoms. The summed E-state index contributed by atoms with van der Waals surface area (Å²) < 4.78 is 2.02. The lowest BCUT2D eigenvalue weighted by Crippen LogP contribution is -2.35. The van der Waals surface area contributed by atoms with Crippen molar-refractivity contribution in [3.8, 4) is 0 Å². The molecule has 6 heteroatoms. The van der Waals surface area contributed by atoms with Crippen LogP contribution in [-0.2, 0) is 16.1 Å². The van der Waals surface area contributed by atoms with Crippen molar-refractivity contribution < 1.29 is 9.59 Å². The van der Waals surface area contributed by atoms with E-state index in [0.717, 1.165) is 21.8 Å². The quantitative estimate of drug-likeness (QED) is 0.541. The molecule has 1 aliphatic heterocycles. The zero-order chi connectivity index (χ0) is 20.0. The Kier molecular flexibility index (Phi) is 4.05. The molecule has 29 heavy (non-hydrogen) atoms. The maximum absolute atomic E-state index is 13.2. The van der Waals surface area contributed by atoms with Crippen molar-refractivity contribution in [2.45, 2.75) is 25.9 Å². The molecule has 144 valence electrons. The Balaban J connectivity index is 1.50. The standard InChI is InChI=1S/C23H20N4O2/c1-2-26-20-12-6-5-11-17(20)24-23(26)25-18-14-21(28)27(22(18)29)19-13-7-9-15-8-3-4-10-16(15)19/h3-13,18H,2,14H2,1H3,(H,24,25). The second-order valence-electron chi connectivity index (χ2n) is 7.14. The van der Waals surface area contributed by atoms with Crippen LogP contribution in [0.1, 0.15) is 13.3 Å². The number of carbonyl (C=O) groups is 2. The Morgan fingerprint density at radius 2 is 1.76 bits per heavy atom. The molecular weight excluding hydrogens is 364 g/mol. The molecule has 3 aromatic carbocycles. The molecule has 1 unspecified atom stereocenters. The first-order valence-electron chi connectivity index (χ1n) is 9.73. The SMILES string of the molecule is CCn1c(NC2CC(=O)N(c3cccc4ccccc34)C2=O)nc2ccccc21. The molecule has 6 nitrogen and oxygen atoms in total. The van der Waals surface area contributed by atoms with Crippen LogP contribution in [0, 0.1) is 0 Å². The van der Waals surface area contributed by atoms with E-state index < -0.39 is 6.04 Å². The molecule has 1 aromatic heterocycles. The maximum atomic E-state index is 13.2. The molecular formula is C23H20N4O2. The molecule has 1 fully saturated rings. The van der Waals surface area contributed by atoms with Crippen molar-refractivity contribution >= 4 is 45.3 Å². The molecule has 2 heterocycles. The second kappa shape index (κ2) is 6.74. The van der Waals surface area contributed by atoms with E-state index in [1.54, 1.807) is 0 Å². The lowest BCUT2D eigenvalue weighted by molar-refractivity contribution is -0.121. The number of carbonyl (C=O) groups excluding carboxylic acids is 2. The smallest absolute Gasteiger partial charge is 0.256 e. The molecule has 2 amide bonds. The van der Waals surface area contributed by atoms with Gasteiger partial charge in [-0.25, -0.2) is 9.88 Å². The summed E-state index contributed by atoms with van der Waals surface area (Å²) in [5.41, 5.74) is 2.49. The van der Waals surface area contributed by atoms with Crippen LogP contribution in [0.2, 0.25) is 0 Å². The van der Waals surface area contributed by atoms with Crippen molar-refractivity contribution in [2.24, 2.45) is 0 Å². The van der Waals surface area contributed by atoms with Gasteiger partial charge in [0.2, 0.25) is 11.9 Å². The molecule has 0 bridgehead atoms. The Hall–Kier alpha value is -3.67. The third-order valence-corrected chi connectivity index (χ3v) is 5.43. The first-order valence-corrected chi connectivity index (χ1v) is 9.73. The maximum Gasteiger partial charge on any atom is 0.256 e. The van der Waals surface area contributed by atoms with Gasteiger partial charge < -0.3 is 9.88 Å². The predicted molar refractivity (Wildman–Crippen MR) is 114 cm³/mol. The van der Waals surface area contributed by atoms with Crippen molar-refractivity contribution in [3.63, 3.8) is 0 Å². The summed E-state index contributed by atoms with van der Waals surface area (Å²) in [5, 5.41) is 5.10. The van der Waals surface area contributed by atoms with Crippen LogP contribution in [0.3, 0.4) is 0 Å². The van der Waals surface area contributed by atoms with Gasteiger partial charge in [-0.05, 0) is 30.5 Å². The fourth-order valence-electron chi connectivity index (χ4n) is 4.06. The van der Waals surface area contributed by atoms with Gasteiger partial charge in [-0.15, -0.1) is 0 Å². The highest BCUT2D eigenvalue weighted by molar-refractivity contribution is 6.25. The van der Waals surface area contributed by atoms with Crippen LogP contribution in [0.25, 0.3) is 21.8 Å². The van der Waals surface area contributed by atoms with Crippen LogP contribution in [0.15, 0.2) is 66.7 Å². The normalized spacial score (nSPS) is 16.9. The number of para-hydroxylation sites is 2. The monoisotopic (exact) mass is 384 g/mol. The number of fused-ring (bicyclic) bond motifs is 2. The molecule has 4 aromatic rings. The highest BCUT2D eigenvalue weighted by Gasteiger charge is 2.40. The average Bonchev–Trinajstić information content (AvgIpc) is 3.23. The lowest BCUT2D eigenvalue weighted by Gasteiger charge is -2.18. The number of rotatable bonds is 4. The molecule has 1 N–H and O–H groups in total. The largest absolute Gasteiger partial charge is 0.343 e. The third-order valence-electron chi connectivity index (χ3n) is 5.43. The fourth-order valence-corrected chi connectivity index (χ4v) is 4.06. The number of imide groups is 1. The number of hydrogen-bond acceptors (Lipinski definition) is 4. The Bertz CT molecular complexity index is 1250. The van der Waals surface area contributed by atoms with Gasteiger partial charge in [0, 0.05) is 11.9 Å². The van der Waals surface area contributed by atoms with Crippen molar-refractivity contribution in [3.05, 3.63) is 66.7 Å². The van der Waals surface area contributed by atoms with Gasteiger partial charge >= 0.3 is 0 Å². The molecule has 0 aliphatic carbocycles. The van der Waals surface area contributed by atoms with Crippen LogP contribution < -0.4 is 10.2 Å². The topological polar surface area (TPSA) is 67.2 Å². The molecule has 1 aliphatic rings. The highest BCUT2D eigenvalue weighted by Crippen LogP contribution is 2.31. The Morgan fingerprint density at radius 3 is 2.62 bits per heavy atom. The number of imidazole rings is 1. The van der Waals surface area contributed by atoms with E-state index in [4.69, 9.17) is 0 Å². The van der Waals surface area contributed by atoms with Crippen LogP contribution in [-0.4, -0.2) is 27.4 Å². The summed E-state index contributed by atoms with van der Waals surface area (Å²) in [7, 11) is 0. The van der Waals surface area contributed by atoms with Gasteiger partial charge in [0.15, 0.2) is 0 Å². The summed E-state index contributed by atoms with van der Waals surface area (Å²) in [6, 6.07) is 20.6. The van der Waals surface area contributed by atoms with Crippen LogP contribution in [0.4, 0.5) is 11.6 Å². The van der Waals surface area contributed by atoms with Crippen LogP contribution in [0.5, 0.6) is 0 Å². The lowest BCUT2D eigenvalue weighted by atomic mass is 10.1. The van der Waals surface area contributed by atoms with Gasteiger partial charge in [-0.3, -0.25) is 9.59 Å². The number of benzene rings is 3. The molecule has 0 saturated carbocycles. The van der Waals surface area contributed by atoms with Gasteiger partial charge in [0.1, 0.15) is 6.04 Å². The zero-order valence-corrected chi connectivity index (χ0v) is 16.0. The van der Waals surface area contributed by atoms with Crippen LogP contribution >= 0.6 is 0 Å². The summed E-state index contributed by atoms with van der Waals surface area (Å²) >= 11 is 0. The summed E-state index contributed by atoms with van der Waals surface area (Å²) in [5.74, 6) is 0.156. The van der Waals surface area contributed by atoms with Gasteiger partial charge in [-0.1, -0.05) is 48.5 Å². The molecule has 0 radical (unpaired) electrons. The first kappa shape index (κ1) is 17.4. The number of amides is 2. The van der Waals surface area contributed by atoms with Gasteiger partial charge in [0.25, 0.3) is 5.91 Å². The van der Waals surface area contributed by atoms with E-state index in [2.05, 4.69) is 10.3 Å². The van der Waals surface area contributed by atoms with Gasteiger partial charge in [-0.2, -0.15) is 0 Å². The van der Waals surface area contributed by atoms with Gasteiger partial charge in [0.05, 0.1) is 23.1 Å². The number of hydrogen-bond donors (Lipinski definition) is 1. The third kappa shape index (κ3) is 2.76. The van der Waals surface area contributed by atoms with E-state index in [1.807, 2.05) is 78.2 Å². The van der Waals surface area contributed by atoms with Crippen molar-refractivity contribution in [1.29, 1.82) is 0 Å². The fraction of sp³-hybridized carbons (Fsp3) is 0.174. The summed E-state index contributed by atoms with van der Waals surface area (Å²) in [6.07, 6.45) is 0.106. The van der Waals surface area contributed by atoms with E-state index in [0.29, 0.717) is 18.2 Å². The minimum absolute atomic E-state index is 0.106. The van der Waals surface area contributed by atoms with Crippen molar-refractivity contribution in [1.82, 2.24) is 9.55 Å². The molecule has 1 atom stereocenters. The average molecular weight is 384 g/mol. The first-order chi connectivity index (χ1) is 14.2. The minimum atomic E-state index is -0.636. The van der Waals surface area contributed by atoms with Crippen molar-refractivity contribution in [2.75, 3.05) is 10.2 Å². The Morgan fingerprint density at radius 1 is 1.00 bits per heavy atom. The predicted octanol–water partition coefficient (Wildman–Crippen LogP) is 3.95. The number of anilines is 2. The summed E-state index contributed by atoms with van der Waals surface area (Å²) in [6.45, 7) is 2.74. The zero-order valence-electron chi connectivity index (χ0n) is 16.0. The second-order valence-corrected chi connectivity index (χ2v) is 7.14. The molecule has 5 rings (SSSR count). The summed E-state index contributed by atoms with van der Waals surface area (Å²) in [4.78, 5) is 31.9. The number of aromatic nitrogens is 2. The van der Waals surface area contributed by atoms with E-state index >= 15 is 0 Å².